The van der Waals surface area contributed by atoms with Crippen LogP contribution in [0.2, 0.25) is 0 Å². The Morgan fingerprint density at radius 3 is 2.48 bits per heavy atom. The van der Waals surface area contributed by atoms with Crippen LogP contribution in [0.3, 0.4) is 0 Å². The maximum Gasteiger partial charge on any atom is 0.166 e. The summed E-state index contributed by atoms with van der Waals surface area (Å²) >= 11 is 0. The number of hydrogen-bond donors (Lipinski definition) is 0. The summed E-state index contributed by atoms with van der Waals surface area (Å²) in [5.41, 5.74) is 1.86. The molecule has 2 unspecified atom stereocenters. The van der Waals surface area contributed by atoms with Gasteiger partial charge in [-0.3, -0.25) is 9.00 Å². The summed E-state index contributed by atoms with van der Waals surface area (Å²) in [5.74, 6) is 0.308. The maximum atomic E-state index is 12.8. The zero-order valence-corrected chi connectivity index (χ0v) is 13.6. The van der Waals surface area contributed by atoms with E-state index < -0.39 is 10.8 Å². The third-order valence-electron chi connectivity index (χ3n) is 4.82. The van der Waals surface area contributed by atoms with Crippen LogP contribution in [0.1, 0.15) is 42.5 Å². The Balaban J connectivity index is 1.79. The number of benzene rings is 1. The second kappa shape index (κ2) is 5.91. The summed E-state index contributed by atoms with van der Waals surface area (Å²) < 4.78 is 12.2. The second-order valence-corrected chi connectivity index (χ2v) is 8.47. The summed E-state index contributed by atoms with van der Waals surface area (Å²) in [6.07, 6.45) is 4.87. The van der Waals surface area contributed by atoms with Crippen LogP contribution >= 0.6 is 0 Å². The Morgan fingerprint density at radius 1 is 1.19 bits per heavy atom. The van der Waals surface area contributed by atoms with E-state index in [1.807, 2.05) is 43.3 Å². The molecule has 0 N–H and O–H groups in total. The highest BCUT2D eigenvalue weighted by Crippen LogP contribution is 2.38. The highest BCUT2D eigenvalue weighted by atomic mass is 32.2. The molecule has 0 spiro atoms. The van der Waals surface area contributed by atoms with Crippen molar-refractivity contribution in [3.63, 3.8) is 0 Å². The first-order valence-corrected chi connectivity index (χ1v) is 9.05. The Kier molecular flexibility index (Phi) is 4.16. The van der Waals surface area contributed by atoms with E-state index in [1.165, 1.54) is 6.42 Å². The molecule has 1 aromatic rings. The van der Waals surface area contributed by atoms with Crippen LogP contribution in [0.25, 0.3) is 0 Å². The lowest BCUT2D eigenvalue weighted by atomic mass is 9.84. The van der Waals surface area contributed by atoms with Crippen LogP contribution in [0.5, 0.6) is 0 Å². The molecule has 1 aromatic carbocycles. The van der Waals surface area contributed by atoms with Gasteiger partial charge in [0.1, 0.15) is 0 Å². The summed E-state index contributed by atoms with van der Waals surface area (Å²) in [5, 5.41) is 0.506. The Labute approximate surface area is 129 Å². The molecule has 2 heterocycles. The van der Waals surface area contributed by atoms with Crippen molar-refractivity contribution in [2.24, 2.45) is 5.92 Å². The maximum absolute atomic E-state index is 12.8. The molecule has 2 saturated heterocycles. The molecule has 2 fully saturated rings. The van der Waals surface area contributed by atoms with Gasteiger partial charge in [-0.25, -0.2) is 0 Å². The summed E-state index contributed by atoms with van der Waals surface area (Å²) in [6, 6.07) is 7.85. The van der Waals surface area contributed by atoms with Gasteiger partial charge in [0.25, 0.3) is 0 Å². The molecule has 2 aliphatic heterocycles. The number of carbonyl (C=O) groups excluding carboxylic acids is 1. The lowest BCUT2D eigenvalue weighted by Gasteiger charge is -2.37. The minimum atomic E-state index is -0.702. The molecule has 3 rings (SSSR count). The number of rotatable bonds is 3. The topological polar surface area (TPSA) is 37.4 Å². The van der Waals surface area contributed by atoms with Gasteiger partial charge < -0.3 is 4.90 Å². The van der Waals surface area contributed by atoms with Crippen molar-refractivity contribution in [3.8, 4) is 0 Å². The highest BCUT2D eigenvalue weighted by Gasteiger charge is 2.40. The zero-order chi connectivity index (χ0) is 15.0. The van der Waals surface area contributed by atoms with Crippen LogP contribution in [-0.2, 0) is 10.8 Å². The Hall–Kier alpha value is -1.16. The van der Waals surface area contributed by atoms with Crippen LogP contribution < -0.4 is 4.90 Å². The smallest absolute Gasteiger partial charge is 0.166 e. The number of ketones is 1. The molecule has 0 aliphatic carbocycles. The van der Waals surface area contributed by atoms with Crippen LogP contribution in [0.4, 0.5) is 5.69 Å². The van der Waals surface area contributed by atoms with Crippen molar-refractivity contribution in [1.82, 2.24) is 0 Å². The number of fused-ring (bicyclic) bond motifs is 2. The van der Waals surface area contributed by atoms with E-state index in [4.69, 9.17) is 0 Å². The second-order valence-electron chi connectivity index (χ2n) is 6.48. The summed E-state index contributed by atoms with van der Waals surface area (Å²) in [6.45, 7) is 0. The fourth-order valence-electron chi connectivity index (χ4n) is 3.62. The first-order chi connectivity index (χ1) is 10.1. The van der Waals surface area contributed by atoms with E-state index in [1.54, 1.807) is 0 Å². The van der Waals surface area contributed by atoms with E-state index >= 15 is 0 Å². The van der Waals surface area contributed by atoms with Gasteiger partial charge in [-0.2, -0.15) is 0 Å². The van der Waals surface area contributed by atoms with Gasteiger partial charge in [-0.1, -0.05) is 18.6 Å². The number of hydrogen-bond acceptors (Lipinski definition) is 3. The number of Topliss-reactive ketones (excluding diaryl/α,β-unsaturated/α-hetero) is 1. The molecule has 4 heteroatoms. The minimum Gasteiger partial charge on any atom is -0.378 e. The van der Waals surface area contributed by atoms with Gasteiger partial charge in [0.05, 0.1) is 0 Å². The van der Waals surface area contributed by atoms with Crippen LogP contribution in [0.15, 0.2) is 24.3 Å². The highest BCUT2D eigenvalue weighted by molar-refractivity contribution is 7.86. The van der Waals surface area contributed by atoms with Crippen LogP contribution in [-0.4, -0.2) is 34.6 Å². The normalized spacial score (nSPS) is 31.7. The summed E-state index contributed by atoms with van der Waals surface area (Å²) in [7, 11) is 3.27. The fourth-order valence-corrected chi connectivity index (χ4v) is 5.81. The van der Waals surface area contributed by atoms with Crippen molar-refractivity contribution in [2.45, 2.75) is 42.6 Å². The molecule has 2 atom stereocenters. The molecule has 114 valence electrons. The third kappa shape index (κ3) is 2.91. The van der Waals surface area contributed by atoms with E-state index in [-0.39, 0.29) is 22.2 Å². The standard InChI is InChI=1S/C17H23NO2S/c1-18(2)14-6-3-5-12(9-14)17(19)13-10-15-7-4-8-16(11-13)21(15)20/h3,5-6,9,13,15-16H,4,7-8,10-11H2,1-2H3. The van der Waals surface area contributed by atoms with Gasteiger partial charge in [-0.15, -0.1) is 0 Å². The molecule has 0 radical (unpaired) electrons. The minimum absolute atomic E-state index is 0.0652. The van der Waals surface area contributed by atoms with Crippen molar-refractivity contribution in [1.29, 1.82) is 0 Å². The SMILES string of the molecule is CN(C)c1cccc(C(=O)C2CC3CCCC(C2)S3=O)c1. The number of nitrogens with zero attached hydrogens (tertiary/aromatic N) is 1. The average Bonchev–Trinajstić information content (AvgIpc) is 2.46. The molecule has 21 heavy (non-hydrogen) atoms. The van der Waals surface area contributed by atoms with E-state index in [9.17, 15) is 9.00 Å². The van der Waals surface area contributed by atoms with E-state index in [2.05, 4.69) is 0 Å². The third-order valence-corrected chi connectivity index (χ3v) is 6.99. The lowest BCUT2D eigenvalue weighted by molar-refractivity contribution is 0.0895. The quantitative estimate of drug-likeness (QED) is 0.806. The molecule has 0 saturated carbocycles. The Bertz CT molecular complexity index is 554. The van der Waals surface area contributed by atoms with Gasteiger partial charge in [-0.05, 0) is 37.8 Å². The molecule has 2 bridgehead atoms. The van der Waals surface area contributed by atoms with E-state index in [0.717, 1.165) is 36.9 Å². The first-order valence-electron chi connectivity index (χ1n) is 7.77. The molecular weight excluding hydrogens is 282 g/mol. The van der Waals surface area contributed by atoms with Gasteiger partial charge in [0, 0.05) is 52.6 Å². The fraction of sp³-hybridized carbons (Fsp3) is 0.588. The van der Waals surface area contributed by atoms with Gasteiger partial charge in [0.15, 0.2) is 5.78 Å². The molecule has 3 nitrogen and oxygen atoms in total. The molecule has 0 amide bonds. The van der Waals surface area contributed by atoms with Gasteiger partial charge >= 0.3 is 0 Å². The number of anilines is 1. The van der Waals surface area contributed by atoms with Crippen molar-refractivity contribution >= 4 is 22.3 Å². The van der Waals surface area contributed by atoms with Crippen molar-refractivity contribution < 1.29 is 9.00 Å². The first kappa shape index (κ1) is 14.8. The summed E-state index contributed by atoms with van der Waals surface area (Å²) in [4.78, 5) is 14.8. The van der Waals surface area contributed by atoms with Crippen molar-refractivity contribution in [2.75, 3.05) is 19.0 Å². The zero-order valence-electron chi connectivity index (χ0n) is 12.7. The van der Waals surface area contributed by atoms with Gasteiger partial charge in [0.2, 0.25) is 0 Å². The average molecular weight is 305 g/mol. The predicted molar refractivity (Wildman–Crippen MR) is 87.4 cm³/mol. The monoisotopic (exact) mass is 305 g/mol. The van der Waals surface area contributed by atoms with E-state index in [0.29, 0.717) is 0 Å². The lowest BCUT2D eigenvalue weighted by Crippen LogP contribution is -2.41. The largest absolute Gasteiger partial charge is 0.378 e. The van der Waals surface area contributed by atoms with Crippen LogP contribution in [0, 0.1) is 5.92 Å². The predicted octanol–water partition coefficient (Wildman–Crippen LogP) is 3.02. The molecular formula is C17H23NO2S. The molecule has 2 aliphatic rings. The number of carbonyl (C=O) groups is 1. The van der Waals surface area contributed by atoms with Crippen molar-refractivity contribution in [3.05, 3.63) is 29.8 Å². The molecule has 0 aromatic heterocycles. The Morgan fingerprint density at radius 2 is 1.86 bits per heavy atom.